The summed E-state index contributed by atoms with van der Waals surface area (Å²) in [5.41, 5.74) is 2.63. The van der Waals surface area contributed by atoms with Crippen LogP contribution in [0.4, 0.5) is 0 Å². The molecule has 2 rings (SSSR count). The third-order valence-corrected chi connectivity index (χ3v) is 3.83. The van der Waals surface area contributed by atoms with Gasteiger partial charge in [0.15, 0.2) is 0 Å². The first-order valence-corrected chi connectivity index (χ1v) is 9.25. The molecule has 0 radical (unpaired) electrons. The minimum absolute atomic E-state index is 0.167. The van der Waals surface area contributed by atoms with E-state index in [9.17, 15) is 0 Å². The summed E-state index contributed by atoms with van der Waals surface area (Å²) in [5, 5.41) is 9.85. The Bertz CT molecular complexity index is 689. The van der Waals surface area contributed by atoms with Crippen LogP contribution in [0.15, 0.2) is 71.8 Å². The first-order valence-electron chi connectivity index (χ1n) is 8.49. The topological polar surface area (TPSA) is 29.5 Å². The number of rotatable bonds is 6. The van der Waals surface area contributed by atoms with Crippen molar-refractivity contribution < 1.29 is 9.84 Å². The Morgan fingerprint density at radius 2 is 1.46 bits per heavy atom. The Kier molecular flexibility index (Phi) is 10.8. The predicted molar refractivity (Wildman–Crippen MR) is 112 cm³/mol. The molecule has 0 aromatic heterocycles. The molecular formula is C22H26Cl2O2. The zero-order valence-electron chi connectivity index (χ0n) is 15.5. The molecule has 1 N–H and O–H groups in total. The lowest BCUT2D eigenvalue weighted by Gasteiger charge is -2.05. The van der Waals surface area contributed by atoms with Crippen LogP contribution in [-0.2, 0) is 0 Å². The number of hydrogen-bond donors (Lipinski definition) is 1. The van der Waals surface area contributed by atoms with Crippen LogP contribution >= 0.6 is 23.2 Å². The second-order valence-corrected chi connectivity index (χ2v) is 6.94. The summed E-state index contributed by atoms with van der Waals surface area (Å²) in [5.74, 6) is 1.40. The van der Waals surface area contributed by atoms with Gasteiger partial charge in [-0.15, -0.1) is 0 Å². The summed E-state index contributed by atoms with van der Waals surface area (Å²) in [4.78, 5) is 0. The van der Waals surface area contributed by atoms with Crippen molar-refractivity contribution >= 4 is 23.2 Å². The molecular weight excluding hydrogens is 367 g/mol. The minimum Gasteiger partial charge on any atom is -0.457 e. The summed E-state index contributed by atoms with van der Waals surface area (Å²) in [6.07, 6.45) is 6.23. The van der Waals surface area contributed by atoms with E-state index < -0.39 is 0 Å². The molecule has 0 amide bonds. The van der Waals surface area contributed by atoms with Crippen LogP contribution in [0.1, 0.15) is 33.6 Å². The van der Waals surface area contributed by atoms with E-state index >= 15 is 0 Å². The molecule has 0 aliphatic carbocycles. The molecule has 0 saturated heterocycles. The molecule has 0 bridgehead atoms. The molecule has 0 aliphatic rings. The van der Waals surface area contributed by atoms with Crippen LogP contribution in [0.2, 0.25) is 10.0 Å². The highest BCUT2D eigenvalue weighted by molar-refractivity contribution is 6.31. The molecule has 140 valence electrons. The summed E-state index contributed by atoms with van der Waals surface area (Å²) in [7, 11) is 0. The Morgan fingerprint density at radius 1 is 0.923 bits per heavy atom. The number of hydrogen-bond acceptors (Lipinski definition) is 2. The van der Waals surface area contributed by atoms with Crippen LogP contribution in [0.25, 0.3) is 0 Å². The van der Waals surface area contributed by atoms with Crippen molar-refractivity contribution in [2.45, 2.75) is 33.6 Å². The lowest BCUT2D eigenvalue weighted by molar-refractivity contribution is 0.341. The fourth-order valence-electron chi connectivity index (χ4n) is 2.04. The fraction of sp³-hybridized carbons (Fsp3) is 0.273. The van der Waals surface area contributed by atoms with Crippen LogP contribution in [0.5, 0.6) is 11.5 Å². The van der Waals surface area contributed by atoms with E-state index in [1.807, 2.05) is 30.3 Å². The SMILES string of the molecule is CC(C)=CCCC(C)=CCO.Clc1cccc(Oc2cccc(Cl)c2)c1. The quantitative estimate of drug-likeness (QED) is 0.516. The predicted octanol–water partition coefficient (Wildman–Crippen LogP) is 7.46. The minimum atomic E-state index is 0.167. The highest BCUT2D eigenvalue weighted by Crippen LogP contribution is 2.25. The molecule has 4 heteroatoms. The van der Waals surface area contributed by atoms with Crippen molar-refractivity contribution in [3.8, 4) is 11.5 Å². The second-order valence-electron chi connectivity index (χ2n) is 6.07. The van der Waals surface area contributed by atoms with Crippen molar-refractivity contribution in [2.24, 2.45) is 0 Å². The number of allylic oxidation sites excluding steroid dienone is 3. The first kappa shape index (κ1) is 22.3. The van der Waals surface area contributed by atoms with Crippen molar-refractivity contribution in [1.82, 2.24) is 0 Å². The molecule has 2 aromatic rings. The summed E-state index contributed by atoms with van der Waals surface area (Å²) < 4.78 is 5.57. The normalized spacial score (nSPS) is 10.6. The van der Waals surface area contributed by atoms with Crippen molar-refractivity contribution in [2.75, 3.05) is 6.61 Å². The van der Waals surface area contributed by atoms with Crippen molar-refractivity contribution in [3.05, 3.63) is 81.9 Å². The molecule has 2 aromatic carbocycles. The number of benzene rings is 2. The second kappa shape index (κ2) is 12.6. The van der Waals surface area contributed by atoms with Crippen LogP contribution in [-0.4, -0.2) is 11.7 Å². The van der Waals surface area contributed by atoms with Gasteiger partial charge < -0.3 is 9.84 Å². The van der Waals surface area contributed by atoms with E-state index in [-0.39, 0.29) is 6.61 Å². The monoisotopic (exact) mass is 392 g/mol. The van der Waals surface area contributed by atoms with Gasteiger partial charge in [-0.25, -0.2) is 0 Å². The smallest absolute Gasteiger partial charge is 0.128 e. The third-order valence-electron chi connectivity index (χ3n) is 3.36. The van der Waals surface area contributed by atoms with Gasteiger partial charge in [0.25, 0.3) is 0 Å². The van der Waals surface area contributed by atoms with Gasteiger partial charge in [0.1, 0.15) is 11.5 Å². The molecule has 2 nitrogen and oxygen atoms in total. The average Bonchev–Trinajstić information content (AvgIpc) is 2.55. The Morgan fingerprint density at radius 3 is 1.88 bits per heavy atom. The highest BCUT2D eigenvalue weighted by Gasteiger charge is 1.98. The molecule has 0 aliphatic heterocycles. The zero-order chi connectivity index (χ0) is 19.4. The standard InChI is InChI=1S/C12H8Cl2O.C10H18O/c13-9-3-1-5-11(7-9)15-12-6-2-4-10(14)8-12;1-9(2)5-4-6-10(3)7-8-11/h1-8H;5,7,11H,4,6,8H2,1-3H3. The summed E-state index contributed by atoms with van der Waals surface area (Å²) >= 11 is 11.7. The van der Waals surface area contributed by atoms with Crippen LogP contribution in [0.3, 0.4) is 0 Å². The maximum absolute atomic E-state index is 8.55. The van der Waals surface area contributed by atoms with E-state index in [0.717, 1.165) is 12.8 Å². The van der Waals surface area contributed by atoms with Gasteiger partial charge in [0, 0.05) is 10.0 Å². The lowest BCUT2D eigenvalue weighted by atomic mass is 10.1. The lowest BCUT2D eigenvalue weighted by Crippen LogP contribution is -1.83. The molecule has 0 spiro atoms. The molecule has 0 unspecified atom stereocenters. The van der Waals surface area contributed by atoms with E-state index in [1.54, 1.807) is 24.3 Å². The summed E-state index contributed by atoms with van der Waals surface area (Å²) in [6.45, 7) is 6.42. The van der Waals surface area contributed by atoms with Gasteiger partial charge in [-0.3, -0.25) is 0 Å². The van der Waals surface area contributed by atoms with Gasteiger partial charge in [0.2, 0.25) is 0 Å². The van der Waals surface area contributed by atoms with Crippen LogP contribution in [0, 0.1) is 0 Å². The maximum Gasteiger partial charge on any atom is 0.128 e. The van der Waals surface area contributed by atoms with Crippen molar-refractivity contribution in [1.29, 1.82) is 0 Å². The van der Waals surface area contributed by atoms with E-state index in [0.29, 0.717) is 21.5 Å². The molecule has 0 saturated carbocycles. The van der Waals surface area contributed by atoms with Gasteiger partial charge in [-0.1, -0.05) is 58.6 Å². The van der Waals surface area contributed by atoms with Gasteiger partial charge in [0.05, 0.1) is 6.61 Å². The zero-order valence-corrected chi connectivity index (χ0v) is 17.0. The maximum atomic E-state index is 8.55. The van der Waals surface area contributed by atoms with Gasteiger partial charge in [-0.2, -0.15) is 0 Å². The third kappa shape index (κ3) is 10.3. The Balaban J connectivity index is 0.000000276. The van der Waals surface area contributed by atoms with E-state index in [1.165, 1.54) is 11.1 Å². The molecule has 0 atom stereocenters. The average molecular weight is 393 g/mol. The first-order chi connectivity index (χ1) is 12.4. The fourth-order valence-corrected chi connectivity index (χ4v) is 2.40. The Hall–Kier alpha value is -1.74. The Labute approximate surface area is 166 Å². The van der Waals surface area contributed by atoms with Crippen LogP contribution < -0.4 is 4.74 Å². The number of aliphatic hydroxyl groups excluding tert-OH is 1. The van der Waals surface area contributed by atoms with Gasteiger partial charge in [-0.05, 0) is 70.0 Å². The van der Waals surface area contributed by atoms with E-state index in [2.05, 4.69) is 26.8 Å². The number of halogens is 2. The molecule has 0 heterocycles. The molecule has 0 fully saturated rings. The summed E-state index contributed by atoms with van der Waals surface area (Å²) in [6, 6.07) is 14.5. The highest BCUT2D eigenvalue weighted by atomic mass is 35.5. The number of aliphatic hydroxyl groups is 1. The largest absolute Gasteiger partial charge is 0.457 e. The van der Waals surface area contributed by atoms with Crippen molar-refractivity contribution in [3.63, 3.8) is 0 Å². The number of ether oxygens (including phenoxy) is 1. The molecule has 26 heavy (non-hydrogen) atoms. The van der Waals surface area contributed by atoms with E-state index in [4.69, 9.17) is 33.0 Å². The van der Waals surface area contributed by atoms with Gasteiger partial charge >= 0.3 is 0 Å².